The van der Waals surface area contributed by atoms with Gasteiger partial charge in [-0.3, -0.25) is 11.3 Å². The molecule has 0 saturated heterocycles. The Morgan fingerprint density at radius 1 is 1.38 bits per heavy atom. The highest BCUT2D eigenvalue weighted by Crippen LogP contribution is 2.40. The third kappa shape index (κ3) is 2.74. The minimum Gasteiger partial charge on any atom is -0.494 e. The number of rotatable bonds is 6. The quantitative estimate of drug-likeness (QED) is 0.571. The van der Waals surface area contributed by atoms with Crippen LogP contribution in [0.2, 0.25) is 0 Å². The van der Waals surface area contributed by atoms with Gasteiger partial charge in [-0.15, -0.1) is 0 Å². The number of nitrogens with one attached hydrogen (secondary N) is 1. The lowest BCUT2D eigenvalue weighted by molar-refractivity contribution is 0.317. The molecule has 0 amide bonds. The molecule has 1 fully saturated rings. The predicted octanol–water partition coefficient (Wildman–Crippen LogP) is 2.39. The van der Waals surface area contributed by atoms with Crippen LogP contribution in [0.3, 0.4) is 0 Å². The van der Waals surface area contributed by atoms with Crippen molar-refractivity contribution in [1.29, 1.82) is 0 Å². The Morgan fingerprint density at radius 3 is 2.56 bits per heavy atom. The van der Waals surface area contributed by atoms with E-state index >= 15 is 0 Å². The van der Waals surface area contributed by atoms with Crippen molar-refractivity contribution in [3.8, 4) is 5.75 Å². The topological polar surface area (TPSA) is 47.3 Å². The van der Waals surface area contributed by atoms with Gasteiger partial charge in [0.05, 0.1) is 6.61 Å². The molecular weight excluding hydrogens is 200 g/mol. The first kappa shape index (κ1) is 11.4. The molecule has 1 aromatic rings. The summed E-state index contributed by atoms with van der Waals surface area (Å²) in [6, 6.07) is 8.57. The molecule has 1 aromatic carbocycles. The maximum Gasteiger partial charge on any atom is 0.119 e. The van der Waals surface area contributed by atoms with Gasteiger partial charge in [0.15, 0.2) is 0 Å². The van der Waals surface area contributed by atoms with E-state index in [9.17, 15) is 0 Å². The first-order chi connectivity index (χ1) is 7.85. The molecule has 0 aliphatic heterocycles. The Bertz CT molecular complexity index is 319. The van der Waals surface area contributed by atoms with Crippen molar-refractivity contribution in [2.45, 2.75) is 32.2 Å². The van der Waals surface area contributed by atoms with Crippen LogP contribution in [0.1, 0.15) is 37.8 Å². The fourth-order valence-electron chi connectivity index (χ4n) is 1.93. The number of hydrazine groups is 1. The fourth-order valence-corrected chi connectivity index (χ4v) is 1.93. The van der Waals surface area contributed by atoms with Crippen LogP contribution in [-0.2, 0) is 0 Å². The molecule has 16 heavy (non-hydrogen) atoms. The van der Waals surface area contributed by atoms with Gasteiger partial charge in [0.2, 0.25) is 0 Å². The summed E-state index contributed by atoms with van der Waals surface area (Å²) < 4.78 is 5.55. The lowest BCUT2D eigenvalue weighted by Gasteiger charge is -2.15. The molecule has 3 heteroatoms. The molecule has 1 saturated carbocycles. The maximum atomic E-state index is 5.58. The minimum absolute atomic E-state index is 0.306. The van der Waals surface area contributed by atoms with E-state index in [1.54, 1.807) is 0 Å². The van der Waals surface area contributed by atoms with Crippen LogP contribution in [0.5, 0.6) is 5.75 Å². The van der Waals surface area contributed by atoms with E-state index in [2.05, 4.69) is 24.5 Å². The maximum absolute atomic E-state index is 5.58. The predicted molar refractivity (Wildman–Crippen MR) is 65.0 cm³/mol. The smallest absolute Gasteiger partial charge is 0.119 e. The lowest BCUT2D eigenvalue weighted by atomic mass is 10.0. The van der Waals surface area contributed by atoms with Crippen molar-refractivity contribution in [2.24, 2.45) is 11.8 Å². The Morgan fingerprint density at radius 2 is 2.06 bits per heavy atom. The van der Waals surface area contributed by atoms with Gasteiger partial charge in [0.1, 0.15) is 5.75 Å². The highest BCUT2D eigenvalue weighted by molar-refractivity contribution is 5.30. The third-order valence-electron chi connectivity index (χ3n) is 2.99. The van der Waals surface area contributed by atoms with Gasteiger partial charge in [-0.2, -0.15) is 0 Å². The molecule has 0 heterocycles. The van der Waals surface area contributed by atoms with Crippen LogP contribution in [-0.4, -0.2) is 6.61 Å². The van der Waals surface area contributed by atoms with Gasteiger partial charge in [-0.25, -0.2) is 0 Å². The van der Waals surface area contributed by atoms with Crippen LogP contribution in [0.4, 0.5) is 0 Å². The summed E-state index contributed by atoms with van der Waals surface area (Å²) in [5.74, 6) is 7.24. The Hall–Kier alpha value is -1.06. The second-order valence-corrected chi connectivity index (χ2v) is 4.40. The highest BCUT2D eigenvalue weighted by atomic mass is 16.5. The number of benzene rings is 1. The first-order valence-electron chi connectivity index (χ1n) is 6.04. The van der Waals surface area contributed by atoms with E-state index in [0.717, 1.165) is 18.8 Å². The third-order valence-corrected chi connectivity index (χ3v) is 2.99. The molecule has 1 aliphatic carbocycles. The summed E-state index contributed by atoms with van der Waals surface area (Å²) >= 11 is 0. The summed E-state index contributed by atoms with van der Waals surface area (Å²) in [5, 5.41) is 0. The molecule has 0 spiro atoms. The van der Waals surface area contributed by atoms with Crippen molar-refractivity contribution in [3.05, 3.63) is 29.8 Å². The zero-order valence-electron chi connectivity index (χ0n) is 9.78. The van der Waals surface area contributed by atoms with E-state index < -0.39 is 0 Å². The molecular formula is C13H20N2O. The molecule has 1 aliphatic rings. The summed E-state index contributed by atoms with van der Waals surface area (Å²) in [4.78, 5) is 0. The fraction of sp³-hybridized carbons (Fsp3) is 0.538. The summed E-state index contributed by atoms with van der Waals surface area (Å²) in [7, 11) is 0. The van der Waals surface area contributed by atoms with Gasteiger partial charge in [-0.05, 0) is 42.9 Å². The van der Waals surface area contributed by atoms with Crippen LogP contribution >= 0.6 is 0 Å². The molecule has 3 nitrogen and oxygen atoms in total. The SMILES string of the molecule is CCCOc1ccc(C(NN)C2CC2)cc1. The van der Waals surface area contributed by atoms with Gasteiger partial charge in [-0.1, -0.05) is 19.1 Å². The molecule has 1 unspecified atom stereocenters. The van der Waals surface area contributed by atoms with Crippen molar-refractivity contribution >= 4 is 0 Å². The standard InChI is InChI=1S/C13H20N2O/c1-2-9-16-12-7-5-11(6-8-12)13(15-14)10-3-4-10/h5-8,10,13,15H,2-4,9,14H2,1H3. The van der Waals surface area contributed by atoms with Crippen molar-refractivity contribution in [1.82, 2.24) is 5.43 Å². The zero-order valence-corrected chi connectivity index (χ0v) is 9.78. The van der Waals surface area contributed by atoms with Crippen LogP contribution in [0.15, 0.2) is 24.3 Å². The Balaban J connectivity index is 1.99. The molecule has 2 rings (SSSR count). The van der Waals surface area contributed by atoms with Gasteiger partial charge in [0, 0.05) is 6.04 Å². The molecule has 0 bridgehead atoms. The van der Waals surface area contributed by atoms with Gasteiger partial charge < -0.3 is 4.74 Å². The number of nitrogens with two attached hydrogens (primary N) is 1. The number of hydrogen-bond donors (Lipinski definition) is 2. The monoisotopic (exact) mass is 220 g/mol. The summed E-state index contributed by atoms with van der Waals surface area (Å²) in [5.41, 5.74) is 4.16. The average molecular weight is 220 g/mol. The largest absolute Gasteiger partial charge is 0.494 e. The minimum atomic E-state index is 0.306. The van der Waals surface area contributed by atoms with E-state index in [1.807, 2.05) is 12.1 Å². The zero-order chi connectivity index (χ0) is 11.4. The number of ether oxygens (including phenoxy) is 1. The Labute approximate surface area is 97.0 Å². The normalized spacial score (nSPS) is 17.1. The van der Waals surface area contributed by atoms with E-state index in [4.69, 9.17) is 10.6 Å². The molecule has 1 atom stereocenters. The van der Waals surface area contributed by atoms with E-state index in [-0.39, 0.29) is 0 Å². The van der Waals surface area contributed by atoms with Crippen LogP contribution in [0, 0.1) is 5.92 Å². The lowest BCUT2D eigenvalue weighted by Crippen LogP contribution is -2.29. The number of hydrogen-bond acceptors (Lipinski definition) is 3. The molecule has 88 valence electrons. The van der Waals surface area contributed by atoms with Gasteiger partial charge >= 0.3 is 0 Å². The summed E-state index contributed by atoms with van der Waals surface area (Å²) in [6.07, 6.45) is 3.60. The van der Waals surface area contributed by atoms with Crippen molar-refractivity contribution in [2.75, 3.05) is 6.61 Å². The molecule has 3 N–H and O–H groups in total. The highest BCUT2D eigenvalue weighted by Gasteiger charge is 2.31. The van der Waals surface area contributed by atoms with E-state index in [0.29, 0.717) is 12.0 Å². The van der Waals surface area contributed by atoms with Crippen LogP contribution < -0.4 is 16.0 Å². The second-order valence-electron chi connectivity index (χ2n) is 4.40. The molecule has 0 radical (unpaired) electrons. The Kier molecular flexibility index (Phi) is 3.80. The van der Waals surface area contributed by atoms with Crippen molar-refractivity contribution in [3.63, 3.8) is 0 Å². The molecule has 0 aromatic heterocycles. The summed E-state index contributed by atoms with van der Waals surface area (Å²) in [6.45, 7) is 2.89. The van der Waals surface area contributed by atoms with Crippen LogP contribution in [0.25, 0.3) is 0 Å². The van der Waals surface area contributed by atoms with Gasteiger partial charge in [0.25, 0.3) is 0 Å². The van der Waals surface area contributed by atoms with Crippen molar-refractivity contribution < 1.29 is 4.74 Å². The second kappa shape index (κ2) is 5.32. The first-order valence-corrected chi connectivity index (χ1v) is 6.04. The van der Waals surface area contributed by atoms with E-state index in [1.165, 1.54) is 18.4 Å². The average Bonchev–Trinajstić information content (AvgIpc) is 3.13.